The Bertz CT molecular complexity index is 2080. The van der Waals surface area contributed by atoms with Crippen molar-refractivity contribution in [2.45, 2.75) is 6.04 Å². The first-order chi connectivity index (χ1) is 20.1. The van der Waals surface area contributed by atoms with E-state index in [1.807, 2.05) is 36.4 Å². The fourth-order valence-corrected chi connectivity index (χ4v) is 7.06. The minimum absolute atomic E-state index is 0.418. The first kappa shape index (κ1) is 25.1. The number of hydrogen-bond acceptors (Lipinski definition) is 3. The molecule has 198 valence electrons. The van der Waals surface area contributed by atoms with Crippen LogP contribution in [-0.4, -0.2) is 4.57 Å². The van der Waals surface area contributed by atoms with Crippen molar-refractivity contribution >= 4 is 53.7 Å². The zero-order valence-corrected chi connectivity index (χ0v) is 23.3. The Labute approximate surface area is 243 Å². The molecule has 3 nitrogen and oxygen atoms in total. The van der Waals surface area contributed by atoms with Gasteiger partial charge in [-0.3, -0.25) is 0 Å². The predicted octanol–water partition coefficient (Wildman–Crippen LogP) is 9.52. The summed E-state index contributed by atoms with van der Waals surface area (Å²) < 4.78 is 4.68. The second-order valence-electron chi connectivity index (χ2n) is 10.2. The lowest BCUT2D eigenvalue weighted by Crippen LogP contribution is -2.15. The molecule has 0 spiro atoms. The van der Waals surface area contributed by atoms with Gasteiger partial charge in [-0.15, -0.1) is 11.3 Å². The maximum absolute atomic E-state index is 7.27. The predicted molar refractivity (Wildman–Crippen MR) is 178 cm³/mol. The molecule has 0 fully saturated rings. The van der Waals surface area contributed by atoms with Gasteiger partial charge in [-0.1, -0.05) is 91.5 Å². The molecule has 4 heteroatoms. The summed E-state index contributed by atoms with van der Waals surface area (Å²) in [7, 11) is 0. The van der Waals surface area contributed by atoms with E-state index in [0.717, 1.165) is 50.1 Å². The highest BCUT2D eigenvalue weighted by Crippen LogP contribution is 2.44. The van der Waals surface area contributed by atoms with Crippen LogP contribution in [0, 0.1) is 0 Å². The highest BCUT2D eigenvalue weighted by molar-refractivity contribution is 7.25. The molecule has 2 aromatic heterocycles. The highest BCUT2D eigenvalue weighted by Gasteiger charge is 2.23. The molecule has 5 aromatic carbocycles. The van der Waals surface area contributed by atoms with Gasteiger partial charge in [0.05, 0.1) is 11.6 Å². The number of nitrogens with two attached hydrogens (primary N) is 2. The molecule has 0 amide bonds. The normalized spacial score (nSPS) is 12.8. The zero-order chi connectivity index (χ0) is 27.9. The van der Waals surface area contributed by atoms with Gasteiger partial charge in [-0.2, -0.15) is 0 Å². The van der Waals surface area contributed by atoms with Gasteiger partial charge in [0, 0.05) is 48.7 Å². The van der Waals surface area contributed by atoms with Crippen molar-refractivity contribution in [3.05, 3.63) is 151 Å². The van der Waals surface area contributed by atoms with Crippen molar-refractivity contribution in [1.29, 1.82) is 0 Å². The molecule has 1 atom stereocenters. The third-order valence-corrected chi connectivity index (χ3v) is 8.97. The van der Waals surface area contributed by atoms with Crippen LogP contribution in [0.1, 0.15) is 17.2 Å². The molecule has 41 heavy (non-hydrogen) atoms. The van der Waals surface area contributed by atoms with Gasteiger partial charge >= 0.3 is 0 Å². The number of aromatic nitrogens is 1. The molecule has 1 unspecified atom stereocenters. The minimum atomic E-state index is -0.418. The number of rotatable bonds is 6. The van der Waals surface area contributed by atoms with Crippen LogP contribution in [0.4, 0.5) is 5.69 Å². The molecule has 0 bridgehead atoms. The van der Waals surface area contributed by atoms with Gasteiger partial charge < -0.3 is 16.0 Å². The number of benzene rings is 5. The Balaban J connectivity index is 1.51. The molecule has 7 aromatic rings. The monoisotopic (exact) mass is 547 g/mol. The lowest BCUT2D eigenvalue weighted by Gasteiger charge is -2.23. The fourth-order valence-electron chi connectivity index (χ4n) is 5.94. The lowest BCUT2D eigenvalue weighted by molar-refractivity contribution is 0.945. The summed E-state index contributed by atoms with van der Waals surface area (Å²) >= 11 is 1.79. The van der Waals surface area contributed by atoms with Crippen molar-refractivity contribution in [3.63, 3.8) is 0 Å². The summed E-state index contributed by atoms with van der Waals surface area (Å²) in [5.74, 6) is 0. The van der Waals surface area contributed by atoms with Gasteiger partial charge in [-0.05, 0) is 64.7 Å². The van der Waals surface area contributed by atoms with E-state index >= 15 is 0 Å². The first-order valence-corrected chi connectivity index (χ1v) is 14.5. The van der Waals surface area contributed by atoms with E-state index in [9.17, 15) is 0 Å². The van der Waals surface area contributed by atoms with Crippen molar-refractivity contribution < 1.29 is 0 Å². The SMILES string of the molecule is C=C/C=C(/c1ccccc1)C(N)c1c(-c2cc3sc4ccccc4c3cc2N)ccc2c1ccn2-c1ccccc1. The van der Waals surface area contributed by atoms with E-state index in [-0.39, 0.29) is 0 Å². The Morgan fingerprint density at radius 1 is 0.732 bits per heavy atom. The number of nitrogens with zero attached hydrogens (tertiary/aromatic N) is 1. The number of nitrogen functional groups attached to an aromatic ring is 1. The largest absolute Gasteiger partial charge is 0.398 e. The van der Waals surface area contributed by atoms with Crippen molar-refractivity contribution in [1.82, 2.24) is 4.57 Å². The van der Waals surface area contributed by atoms with Crippen LogP contribution in [0.3, 0.4) is 0 Å². The summed E-state index contributed by atoms with van der Waals surface area (Å²) in [6.45, 7) is 4.00. The number of para-hydroxylation sites is 1. The van der Waals surface area contributed by atoms with Crippen LogP contribution >= 0.6 is 11.3 Å². The van der Waals surface area contributed by atoms with E-state index in [0.29, 0.717) is 0 Å². The summed E-state index contributed by atoms with van der Waals surface area (Å²) in [6.07, 6.45) is 5.96. The van der Waals surface area contributed by atoms with Gasteiger partial charge in [0.2, 0.25) is 0 Å². The molecule has 4 N–H and O–H groups in total. The van der Waals surface area contributed by atoms with Gasteiger partial charge in [-0.25, -0.2) is 0 Å². The average molecular weight is 548 g/mol. The fraction of sp³-hybridized carbons (Fsp3) is 0.0270. The molecule has 0 saturated carbocycles. The van der Waals surface area contributed by atoms with Crippen LogP contribution in [0.2, 0.25) is 0 Å². The molecular formula is C37H29N3S. The third-order valence-electron chi connectivity index (χ3n) is 7.84. The topological polar surface area (TPSA) is 57.0 Å². The smallest absolute Gasteiger partial charge is 0.0570 e. The van der Waals surface area contributed by atoms with Gasteiger partial charge in [0.25, 0.3) is 0 Å². The van der Waals surface area contributed by atoms with Crippen molar-refractivity contribution in [2.24, 2.45) is 5.73 Å². The Hall–Kier alpha value is -4.90. The lowest BCUT2D eigenvalue weighted by atomic mass is 9.85. The number of thiophene rings is 1. The average Bonchev–Trinajstić information content (AvgIpc) is 3.61. The van der Waals surface area contributed by atoms with Crippen LogP contribution < -0.4 is 11.5 Å². The van der Waals surface area contributed by atoms with Crippen LogP contribution in [-0.2, 0) is 0 Å². The summed E-state index contributed by atoms with van der Waals surface area (Å²) in [4.78, 5) is 0. The van der Waals surface area contributed by atoms with E-state index in [1.165, 1.54) is 20.2 Å². The van der Waals surface area contributed by atoms with Gasteiger partial charge in [0.1, 0.15) is 0 Å². The van der Waals surface area contributed by atoms with Gasteiger partial charge in [0.15, 0.2) is 0 Å². The maximum Gasteiger partial charge on any atom is 0.0570 e. The molecule has 0 saturated heterocycles. The number of anilines is 1. The molecule has 7 rings (SSSR count). The molecule has 0 aliphatic heterocycles. The summed E-state index contributed by atoms with van der Waals surface area (Å²) in [6, 6.07) is 39.7. The molecular weight excluding hydrogens is 518 g/mol. The summed E-state index contributed by atoms with van der Waals surface area (Å²) in [5, 5.41) is 3.52. The Morgan fingerprint density at radius 3 is 2.24 bits per heavy atom. The van der Waals surface area contributed by atoms with Crippen LogP contribution in [0.25, 0.3) is 53.5 Å². The highest BCUT2D eigenvalue weighted by atomic mass is 32.1. The third kappa shape index (κ3) is 4.25. The van der Waals surface area contributed by atoms with E-state index in [1.54, 1.807) is 11.3 Å². The van der Waals surface area contributed by atoms with Crippen molar-refractivity contribution in [3.8, 4) is 16.8 Å². The first-order valence-electron chi connectivity index (χ1n) is 13.7. The second-order valence-corrected chi connectivity index (χ2v) is 11.3. The minimum Gasteiger partial charge on any atom is -0.398 e. The van der Waals surface area contributed by atoms with E-state index in [2.05, 4.69) is 108 Å². The number of fused-ring (bicyclic) bond motifs is 4. The van der Waals surface area contributed by atoms with E-state index < -0.39 is 6.04 Å². The standard InChI is InChI=1S/C37H29N3S/c1-2-11-26(24-12-5-3-6-13-24)37(39)36-28(18-19-33-29(36)20-21-40(33)25-14-7-4-8-15-25)30-23-35-31(22-32(30)38)27-16-9-10-17-34(27)41-35/h2-23,37H,1,38-39H2/b26-11-. The zero-order valence-electron chi connectivity index (χ0n) is 22.5. The molecule has 0 aliphatic carbocycles. The van der Waals surface area contributed by atoms with E-state index in [4.69, 9.17) is 11.5 Å². The van der Waals surface area contributed by atoms with Crippen LogP contribution in [0.15, 0.2) is 140 Å². The summed E-state index contributed by atoms with van der Waals surface area (Å²) in [5.41, 5.74) is 22.2. The Kier molecular flexibility index (Phi) is 6.27. The van der Waals surface area contributed by atoms with Crippen LogP contribution in [0.5, 0.6) is 0 Å². The Morgan fingerprint density at radius 2 is 1.46 bits per heavy atom. The number of hydrogen-bond donors (Lipinski definition) is 2. The quantitative estimate of drug-likeness (QED) is 0.161. The maximum atomic E-state index is 7.27. The van der Waals surface area contributed by atoms with Crippen molar-refractivity contribution in [2.75, 3.05) is 5.73 Å². The number of allylic oxidation sites excluding steroid dienone is 2. The molecule has 2 heterocycles. The molecule has 0 radical (unpaired) electrons. The molecule has 0 aliphatic rings. The second kappa shape index (κ2) is 10.3.